The highest BCUT2D eigenvalue weighted by atomic mass is 35.5. The number of amides is 1. The summed E-state index contributed by atoms with van der Waals surface area (Å²) in [5.74, 6) is 1.10. The van der Waals surface area contributed by atoms with Gasteiger partial charge in [-0.05, 0) is 73.9 Å². The number of rotatable bonds is 9. The Kier molecular flexibility index (Phi) is 9.21. The Morgan fingerprint density at radius 3 is 2.68 bits per heavy atom. The SMILES string of the molecule is O=C(CCCOc1ccc(Cl)cc1Cl)NC(=S)Nc1ccc(OCC2CCCO2)cc1. The van der Waals surface area contributed by atoms with Crippen LogP contribution in [0.25, 0.3) is 0 Å². The normalized spacial score (nSPS) is 15.4. The molecule has 3 rings (SSSR count). The first-order chi connectivity index (χ1) is 15.0. The third-order valence-corrected chi connectivity index (χ3v) is 5.26. The number of carbonyl (C=O) groups excluding carboxylic acids is 1. The number of ether oxygens (including phenoxy) is 3. The molecule has 2 N–H and O–H groups in total. The molecule has 1 fully saturated rings. The highest BCUT2D eigenvalue weighted by Gasteiger charge is 2.16. The van der Waals surface area contributed by atoms with E-state index in [9.17, 15) is 4.79 Å². The van der Waals surface area contributed by atoms with E-state index in [1.165, 1.54) is 0 Å². The molecule has 1 atom stereocenters. The number of benzene rings is 2. The number of thiocarbonyl (C=S) groups is 1. The molecule has 1 aliphatic heterocycles. The van der Waals surface area contributed by atoms with Gasteiger partial charge in [-0.15, -0.1) is 0 Å². The summed E-state index contributed by atoms with van der Waals surface area (Å²) >= 11 is 17.1. The Balaban J connectivity index is 1.32. The van der Waals surface area contributed by atoms with Gasteiger partial charge in [0.2, 0.25) is 5.91 Å². The molecule has 0 saturated carbocycles. The highest BCUT2D eigenvalue weighted by Crippen LogP contribution is 2.27. The summed E-state index contributed by atoms with van der Waals surface area (Å²) in [5.41, 5.74) is 0.760. The van der Waals surface area contributed by atoms with E-state index in [-0.39, 0.29) is 23.5 Å². The zero-order valence-electron chi connectivity index (χ0n) is 16.9. The molecule has 0 bridgehead atoms. The average Bonchev–Trinajstić information content (AvgIpc) is 3.25. The van der Waals surface area contributed by atoms with Crippen molar-refractivity contribution in [2.24, 2.45) is 0 Å². The van der Waals surface area contributed by atoms with Gasteiger partial charge in [0.1, 0.15) is 18.1 Å². The molecule has 31 heavy (non-hydrogen) atoms. The zero-order valence-corrected chi connectivity index (χ0v) is 19.2. The molecule has 1 amide bonds. The van der Waals surface area contributed by atoms with Crippen LogP contribution in [-0.4, -0.2) is 36.9 Å². The summed E-state index contributed by atoms with van der Waals surface area (Å²) in [4.78, 5) is 12.1. The first-order valence-corrected chi connectivity index (χ1v) is 11.2. The van der Waals surface area contributed by atoms with Crippen molar-refractivity contribution in [2.45, 2.75) is 31.8 Å². The largest absolute Gasteiger partial charge is 0.492 e. The van der Waals surface area contributed by atoms with Crippen molar-refractivity contribution in [3.05, 3.63) is 52.5 Å². The van der Waals surface area contributed by atoms with Gasteiger partial charge in [0, 0.05) is 23.7 Å². The smallest absolute Gasteiger partial charge is 0.226 e. The van der Waals surface area contributed by atoms with Crippen LogP contribution in [0.2, 0.25) is 10.0 Å². The van der Waals surface area contributed by atoms with E-state index in [4.69, 9.17) is 49.6 Å². The molecular formula is C22H24Cl2N2O4S. The number of halogens is 2. The van der Waals surface area contributed by atoms with Gasteiger partial charge in [0.15, 0.2) is 5.11 Å². The summed E-state index contributed by atoms with van der Waals surface area (Å²) in [6, 6.07) is 12.4. The second-order valence-electron chi connectivity index (χ2n) is 7.00. The summed E-state index contributed by atoms with van der Waals surface area (Å²) in [7, 11) is 0. The van der Waals surface area contributed by atoms with Gasteiger partial charge in [-0.1, -0.05) is 23.2 Å². The summed E-state index contributed by atoms with van der Waals surface area (Å²) < 4.78 is 16.8. The third-order valence-electron chi connectivity index (χ3n) is 4.52. The Bertz CT molecular complexity index is 890. The molecule has 1 aliphatic rings. The number of hydrogen-bond donors (Lipinski definition) is 2. The molecule has 0 aromatic heterocycles. The number of hydrogen-bond acceptors (Lipinski definition) is 5. The quantitative estimate of drug-likeness (QED) is 0.377. The van der Waals surface area contributed by atoms with Crippen LogP contribution in [-0.2, 0) is 9.53 Å². The Morgan fingerprint density at radius 1 is 1.16 bits per heavy atom. The average molecular weight is 483 g/mol. The van der Waals surface area contributed by atoms with Crippen LogP contribution in [0.4, 0.5) is 5.69 Å². The van der Waals surface area contributed by atoms with Gasteiger partial charge in [-0.2, -0.15) is 0 Å². The molecule has 1 heterocycles. The molecule has 166 valence electrons. The lowest BCUT2D eigenvalue weighted by molar-refractivity contribution is -0.119. The standard InChI is InChI=1S/C22H24Cl2N2O4S/c23-15-5-10-20(19(24)13-15)29-12-2-4-21(27)26-22(31)25-16-6-8-17(9-7-16)30-14-18-3-1-11-28-18/h5-10,13,18H,1-4,11-12,14H2,(H2,25,26,27,31). The minimum Gasteiger partial charge on any atom is -0.492 e. The minimum absolute atomic E-state index is 0.175. The fourth-order valence-electron chi connectivity index (χ4n) is 2.96. The van der Waals surface area contributed by atoms with E-state index in [2.05, 4.69) is 10.6 Å². The fourth-order valence-corrected chi connectivity index (χ4v) is 3.65. The fraction of sp³-hybridized carbons (Fsp3) is 0.364. The molecular weight excluding hydrogens is 459 g/mol. The summed E-state index contributed by atoms with van der Waals surface area (Å²) in [6.07, 6.45) is 3.08. The van der Waals surface area contributed by atoms with E-state index < -0.39 is 0 Å². The molecule has 2 aromatic rings. The van der Waals surface area contributed by atoms with Gasteiger partial charge in [-0.25, -0.2) is 0 Å². The van der Waals surface area contributed by atoms with Crippen LogP contribution in [0.15, 0.2) is 42.5 Å². The Hall–Kier alpha value is -2.06. The first kappa shape index (κ1) is 23.6. The predicted molar refractivity (Wildman–Crippen MR) is 126 cm³/mol. The molecule has 6 nitrogen and oxygen atoms in total. The maximum absolute atomic E-state index is 12.1. The Morgan fingerprint density at radius 2 is 1.97 bits per heavy atom. The number of carbonyl (C=O) groups is 1. The zero-order chi connectivity index (χ0) is 22.1. The van der Waals surface area contributed by atoms with E-state index in [1.807, 2.05) is 24.3 Å². The van der Waals surface area contributed by atoms with Crippen molar-refractivity contribution in [3.63, 3.8) is 0 Å². The topological polar surface area (TPSA) is 68.8 Å². The maximum atomic E-state index is 12.1. The number of anilines is 1. The lowest BCUT2D eigenvalue weighted by atomic mass is 10.2. The molecule has 0 radical (unpaired) electrons. The van der Waals surface area contributed by atoms with Crippen molar-refractivity contribution in [1.82, 2.24) is 5.32 Å². The highest BCUT2D eigenvalue weighted by molar-refractivity contribution is 7.80. The van der Waals surface area contributed by atoms with Crippen LogP contribution in [0.5, 0.6) is 11.5 Å². The third kappa shape index (κ3) is 8.18. The molecule has 1 unspecified atom stereocenters. The maximum Gasteiger partial charge on any atom is 0.226 e. The van der Waals surface area contributed by atoms with Gasteiger partial charge in [0.25, 0.3) is 0 Å². The monoisotopic (exact) mass is 482 g/mol. The van der Waals surface area contributed by atoms with Crippen LogP contribution in [0.3, 0.4) is 0 Å². The first-order valence-electron chi connectivity index (χ1n) is 10.0. The van der Waals surface area contributed by atoms with E-state index in [0.29, 0.717) is 35.4 Å². The lowest BCUT2D eigenvalue weighted by Crippen LogP contribution is -2.34. The van der Waals surface area contributed by atoms with Crippen LogP contribution in [0, 0.1) is 0 Å². The van der Waals surface area contributed by atoms with Gasteiger partial charge in [0.05, 0.1) is 17.7 Å². The molecule has 9 heteroatoms. The summed E-state index contributed by atoms with van der Waals surface area (Å²) in [6.45, 7) is 1.71. The van der Waals surface area contributed by atoms with E-state index in [0.717, 1.165) is 30.9 Å². The van der Waals surface area contributed by atoms with Gasteiger partial charge in [-0.3, -0.25) is 4.79 Å². The second kappa shape index (κ2) is 12.1. The van der Waals surface area contributed by atoms with Crippen molar-refractivity contribution < 1.29 is 19.0 Å². The van der Waals surface area contributed by atoms with Crippen LogP contribution >= 0.6 is 35.4 Å². The van der Waals surface area contributed by atoms with Gasteiger partial charge >= 0.3 is 0 Å². The van der Waals surface area contributed by atoms with E-state index in [1.54, 1.807) is 18.2 Å². The van der Waals surface area contributed by atoms with Crippen molar-refractivity contribution in [3.8, 4) is 11.5 Å². The molecule has 1 saturated heterocycles. The van der Waals surface area contributed by atoms with Crippen molar-refractivity contribution in [1.29, 1.82) is 0 Å². The lowest BCUT2D eigenvalue weighted by Gasteiger charge is -2.13. The summed E-state index contributed by atoms with van der Waals surface area (Å²) in [5, 5.41) is 6.85. The van der Waals surface area contributed by atoms with E-state index >= 15 is 0 Å². The predicted octanol–water partition coefficient (Wildman–Crippen LogP) is 5.22. The second-order valence-corrected chi connectivity index (χ2v) is 8.25. The van der Waals surface area contributed by atoms with Gasteiger partial charge < -0.3 is 24.8 Å². The van der Waals surface area contributed by atoms with Crippen LogP contribution in [0.1, 0.15) is 25.7 Å². The molecule has 0 aliphatic carbocycles. The van der Waals surface area contributed by atoms with Crippen molar-refractivity contribution >= 4 is 52.1 Å². The van der Waals surface area contributed by atoms with Crippen molar-refractivity contribution in [2.75, 3.05) is 25.1 Å². The molecule has 0 spiro atoms. The van der Waals surface area contributed by atoms with Crippen LogP contribution < -0.4 is 20.1 Å². The number of nitrogens with one attached hydrogen (secondary N) is 2. The molecule has 2 aromatic carbocycles. The Labute approximate surface area is 197 Å². The minimum atomic E-state index is -0.195.